The Balaban J connectivity index is 2.89. The first kappa shape index (κ1) is 8.65. The number of phenolic OH excluding ortho intramolecular Hbond substituents is 2. The maximum atomic E-state index is 9.12. The maximum absolute atomic E-state index is 9.12. The lowest BCUT2D eigenvalue weighted by Crippen LogP contribution is -1.72. The van der Waals surface area contributed by atoms with Crippen LogP contribution in [0.3, 0.4) is 0 Å². The molecule has 0 unspecified atom stereocenters. The van der Waals surface area contributed by atoms with Crippen molar-refractivity contribution >= 4 is 6.08 Å². The molecule has 0 aromatic heterocycles. The van der Waals surface area contributed by atoms with E-state index in [2.05, 4.69) is 0 Å². The van der Waals surface area contributed by atoms with E-state index in [4.69, 9.17) is 10.2 Å². The van der Waals surface area contributed by atoms with Crippen molar-refractivity contribution in [3.05, 3.63) is 29.8 Å². The third-order valence-corrected chi connectivity index (χ3v) is 1.55. The summed E-state index contributed by atoms with van der Waals surface area (Å²) in [7, 11) is 0. The van der Waals surface area contributed by atoms with Crippen LogP contribution in [-0.2, 0) is 0 Å². The molecule has 12 heavy (non-hydrogen) atoms. The summed E-state index contributed by atoms with van der Waals surface area (Å²) in [6.45, 7) is 2.04. The van der Waals surface area contributed by atoms with E-state index in [0.717, 1.165) is 12.0 Å². The van der Waals surface area contributed by atoms with Crippen LogP contribution in [-0.4, -0.2) is 10.2 Å². The van der Waals surface area contributed by atoms with Crippen LogP contribution in [0.2, 0.25) is 0 Å². The third kappa shape index (κ3) is 2.02. The Labute approximate surface area is 71.8 Å². The smallest absolute Gasteiger partial charge is 0.157 e. The predicted molar refractivity (Wildman–Crippen MR) is 49.1 cm³/mol. The van der Waals surface area contributed by atoms with Gasteiger partial charge in [0.05, 0.1) is 0 Å². The summed E-state index contributed by atoms with van der Waals surface area (Å²) in [6.07, 6.45) is 4.85. The minimum atomic E-state index is -0.0800. The summed E-state index contributed by atoms with van der Waals surface area (Å²) in [5.74, 6) is -0.156. The van der Waals surface area contributed by atoms with E-state index >= 15 is 0 Å². The van der Waals surface area contributed by atoms with E-state index in [-0.39, 0.29) is 11.5 Å². The van der Waals surface area contributed by atoms with E-state index in [1.807, 2.05) is 19.1 Å². The van der Waals surface area contributed by atoms with Crippen molar-refractivity contribution < 1.29 is 10.2 Å². The maximum Gasteiger partial charge on any atom is 0.157 e. The van der Waals surface area contributed by atoms with Gasteiger partial charge in [-0.05, 0) is 24.1 Å². The largest absolute Gasteiger partial charge is 0.504 e. The number of hydrogen-bond donors (Lipinski definition) is 2. The average molecular weight is 164 g/mol. The molecule has 0 aliphatic rings. The standard InChI is InChI=1S/C10H12O2/c1-2-3-4-8-5-6-9(11)10(12)7-8/h3-7,11-12H,2H2,1H3/b4-3+. The second-order valence-electron chi connectivity index (χ2n) is 2.56. The van der Waals surface area contributed by atoms with E-state index in [1.54, 1.807) is 6.07 Å². The van der Waals surface area contributed by atoms with Crippen LogP contribution >= 0.6 is 0 Å². The quantitative estimate of drug-likeness (QED) is 0.659. The first-order valence-corrected chi connectivity index (χ1v) is 3.92. The zero-order valence-electron chi connectivity index (χ0n) is 6.99. The summed E-state index contributed by atoms with van der Waals surface area (Å²) in [5, 5.41) is 18.1. The van der Waals surface area contributed by atoms with E-state index in [9.17, 15) is 0 Å². The van der Waals surface area contributed by atoms with Gasteiger partial charge in [-0.2, -0.15) is 0 Å². The summed E-state index contributed by atoms with van der Waals surface area (Å²) in [4.78, 5) is 0. The monoisotopic (exact) mass is 164 g/mol. The topological polar surface area (TPSA) is 40.5 Å². The number of benzene rings is 1. The third-order valence-electron chi connectivity index (χ3n) is 1.55. The van der Waals surface area contributed by atoms with Crippen molar-refractivity contribution in [1.29, 1.82) is 0 Å². The van der Waals surface area contributed by atoms with Crippen molar-refractivity contribution in [1.82, 2.24) is 0 Å². The van der Waals surface area contributed by atoms with Gasteiger partial charge in [-0.3, -0.25) is 0 Å². The van der Waals surface area contributed by atoms with Crippen LogP contribution in [0.25, 0.3) is 6.08 Å². The molecule has 1 aromatic rings. The molecular weight excluding hydrogens is 152 g/mol. The Bertz CT molecular complexity index is 290. The van der Waals surface area contributed by atoms with Crippen LogP contribution in [0.5, 0.6) is 11.5 Å². The number of phenols is 2. The van der Waals surface area contributed by atoms with Crippen molar-refractivity contribution in [2.45, 2.75) is 13.3 Å². The molecule has 0 amide bonds. The second-order valence-corrected chi connectivity index (χ2v) is 2.56. The first-order chi connectivity index (χ1) is 5.74. The average Bonchev–Trinajstić information content (AvgIpc) is 2.07. The minimum Gasteiger partial charge on any atom is -0.504 e. The lowest BCUT2D eigenvalue weighted by molar-refractivity contribution is 0.403. The lowest BCUT2D eigenvalue weighted by Gasteiger charge is -1.97. The molecule has 2 heteroatoms. The molecule has 0 radical (unpaired) electrons. The zero-order chi connectivity index (χ0) is 8.97. The van der Waals surface area contributed by atoms with E-state index in [1.165, 1.54) is 12.1 Å². The Kier molecular flexibility index (Phi) is 2.75. The molecule has 2 N–H and O–H groups in total. The first-order valence-electron chi connectivity index (χ1n) is 3.92. The fourth-order valence-electron chi connectivity index (χ4n) is 0.898. The van der Waals surface area contributed by atoms with Crippen LogP contribution in [0.4, 0.5) is 0 Å². The van der Waals surface area contributed by atoms with Crippen LogP contribution < -0.4 is 0 Å². The summed E-state index contributed by atoms with van der Waals surface area (Å²) >= 11 is 0. The fraction of sp³-hybridized carbons (Fsp3) is 0.200. The highest BCUT2D eigenvalue weighted by Gasteiger charge is 1.96. The Hall–Kier alpha value is -1.44. The van der Waals surface area contributed by atoms with Gasteiger partial charge in [0.1, 0.15) is 0 Å². The molecule has 1 rings (SSSR count). The van der Waals surface area contributed by atoms with E-state index in [0.29, 0.717) is 0 Å². The highest BCUT2D eigenvalue weighted by molar-refractivity contribution is 5.54. The molecule has 0 heterocycles. The summed E-state index contributed by atoms with van der Waals surface area (Å²) < 4.78 is 0. The molecule has 1 aromatic carbocycles. The Morgan fingerprint density at radius 2 is 2.00 bits per heavy atom. The van der Waals surface area contributed by atoms with Gasteiger partial charge in [0.15, 0.2) is 11.5 Å². The Morgan fingerprint density at radius 1 is 1.25 bits per heavy atom. The molecule has 64 valence electrons. The van der Waals surface area contributed by atoms with Gasteiger partial charge >= 0.3 is 0 Å². The van der Waals surface area contributed by atoms with Crippen molar-refractivity contribution in [3.8, 4) is 11.5 Å². The highest BCUT2D eigenvalue weighted by atomic mass is 16.3. The fourth-order valence-corrected chi connectivity index (χ4v) is 0.898. The van der Waals surface area contributed by atoms with Gasteiger partial charge in [-0.15, -0.1) is 0 Å². The molecular formula is C10H12O2. The van der Waals surface area contributed by atoms with Gasteiger partial charge in [0, 0.05) is 0 Å². The number of allylic oxidation sites excluding steroid dienone is 1. The van der Waals surface area contributed by atoms with E-state index < -0.39 is 0 Å². The molecule has 0 saturated heterocycles. The number of hydrogen-bond acceptors (Lipinski definition) is 2. The molecule has 0 spiro atoms. The SMILES string of the molecule is CC/C=C/c1ccc(O)c(O)c1. The Morgan fingerprint density at radius 3 is 2.58 bits per heavy atom. The predicted octanol–water partition coefficient (Wildman–Crippen LogP) is 2.52. The van der Waals surface area contributed by atoms with Crippen molar-refractivity contribution in [3.63, 3.8) is 0 Å². The molecule has 0 bridgehead atoms. The van der Waals surface area contributed by atoms with Crippen molar-refractivity contribution in [2.75, 3.05) is 0 Å². The molecule has 0 fully saturated rings. The number of aromatic hydroxyl groups is 2. The van der Waals surface area contributed by atoms with Gasteiger partial charge < -0.3 is 10.2 Å². The summed E-state index contributed by atoms with van der Waals surface area (Å²) in [6, 6.07) is 4.76. The zero-order valence-corrected chi connectivity index (χ0v) is 6.99. The molecule has 0 atom stereocenters. The summed E-state index contributed by atoms with van der Waals surface area (Å²) in [5.41, 5.74) is 0.896. The van der Waals surface area contributed by atoms with Crippen molar-refractivity contribution in [2.24, 2.45) is 0 Å². The van der Waals surface area contributed by atoms with Gasteiger partial charge in [0.2, 0.25) is 0 Å². The number of rotatable bonds is 2. The second kappa shape index (κ2) is 3.81. The molecule has 0 saturated carbocycles. The lowest BCUT2D eigenvalue weighted by atomic mass is 10.2. The molecule has 2 nitrogen and oxygen atoms in total. The normalized spacial score (nSPS) is 10.8. The highest BCUT2D eigenvalue weighted by Crippen LogP contribution is 2.25. The van der Waals surface area contributed by atoms with Gasteiger partial charge in [0.25, 0.3) is 0 Å². The molecule has 0 aliphatic heterocycles. The molecule has 0 aliphatic carbocycles. The van der Waals surface area contributed by atoms with Crippen LogP contribution in [0, 0.1) is 0 Å². The van der Waals surface area contributed by atoms with Crippen LogP contribution in [0.1, 0.15) is 18.9 Å². The van der Waals surface area contributed by atoms with Gasteiger partial charge in [-0.1, -0.05) is 25.1 Å². The van der Waals surface area contributed by atoms with Gasteiger partial charge in [-0.25, -0.2) is 0 Å². The van der Waals surface area contributed by atoms with Crippen LogP contribution in [0.15, 0.2) is 24.3 Å². The minimum absolute atomic E-state index is 0.0757.